The molecule has 0 fully saturated rings. The Labute approximate surface area is 55.9 Å². The van der Waals surface area contributed by atoms with Crippen LogP contribution in [0.25, 0.3) is 0 Å². The summed E-state index contributed by atoms with van der Waals surface area (Å²) in [5.74, 6) is 0. The SMILES string of the molecule is CO[Si][O-].[Na+]. The van der Waals surface area contributed by atoms with Crippen LogP contribution >= 0.6 is 0 Å². The van der Waals surface area contributed by atoms with Gasteiger partial charge in [-0.3, -0.25) is 0 Å². The van der Waals surface area contributed by atoms with E-state index in [-0.39, 0.29) is 29.6 Å². The van der Waals surface area contributed by atoms with E-state index >= 15 is 0 Å². The minimum atomic E-state index is -0.610. The average molecular weight is 98.1 g/mol. The van der Waals surface area contributed by atoms with Gasteiger partial charge in [0.25, 0.3) is 0 Å². The monoisotopic (exact) mass is 98.0 g/mol. The minimum absolute atomic E-state index is 0. The van der Waals surface area contributed by atoms with Crippen LogP contribution in [0.4, 0.5) is 0 Å². The van der Waals surface area contributed by atoms with Crippen LogP contribution < -0.4 is 34.4 Å². The Kier molecular flexibility index (Phi) is 16.9. The molecule has 0 aliphatic heterocycles. The molecule has 0 aliphatic rings. The smallest absolute Gasteiger partial charge is 0.840 e. The zero-order valence-electron chi connectivity index (χ0n) is 3.32. The molecule has 0 aromatic rings. The maximum atomic E-state index is 9.10. The van der Waals surface area contributed by atoms with Gasteiger partial charge in [0.1, 0.15) is 10.0 Å². The van der Waals surface area contributed by atoms with Crippen LogP contribution in [0.1, 0.15) is 0 Å². The van der Waals surface area contributed by atoms with E-state index in [1.54, 1.807) is 0 Å². The number of hydrogen-bond donors (Lipinski definition) is 0. The topological polar surface area (TPSA) is 32.3 Å². The number of rotatable bonds is 1. The van der Waals surface area contributed by atoms with E-state index in [0.717, 1.165) is 0 Å². The maximum Gasteiger partial charge on any atom is 1.00 e. The van der Waals surface area contributed by atoms with Gasteiger partial charge < -0.3 is 9.22 Å². The van der Waals surface area contributed by atoms with Gasteiger partial charge in [-0.1, -0.05) is 0 Å². The van der Waals surface area contributed by atoms with Gasteiger partial charge in [-0.2, -0.15) is 0 Å². The third-order valence-electron chi connectivity index (χ3n) is 0.0833. The third kappa shape index (κ3) is 11.1. The molecule has 4 heteroatoms. The Morgan fingerprint density at radius 1 is 1.80 bits per heavy atom. The van der Waals surface area contributed by atoms with Crippen molar-refractivity contribution in [2.45, 2.75) is 0 Å². The van der Waals surface area contributed by atoms with E-state index in [2.05, 4.69) is 4.43 Å². The molecule has 0 saturated heterocycles. The first-order valence-electron chi connectivity index (χ1n) is 0.816. The molecule has 5 heavy (non-hydrogen) atoms. The zero-order chi connectivity index (χ0) is 3.41. The largest absolute Gasteiger partial charge is 1.00 e. The quantitative estimate of drug-likeness (QED) is 0.310. The van der Waals surface area contributed by atoms with Crippen LogP contribution in [0.5, 0.6) is 0 Å². The first kappa shape index (κ1) is 9.46. The first-order chi connectivity index (χ1) is 1.91. The van der Waals surface area contributed by atoms with Gasteiger partial charge >= 0.3 is 29.6 Å². The van der Waals surface area contributed by atoms with Gasteiger partial charge in [0.2, 0.25) is 0 Å². The molecule has 0 saturated carbocycles. The summed E-state index contributed by atoms with van der Waals surface area (Å²) in [4.78, 5) is 9.10. The minimum Gasteiger partial charge on any atom is -0.840 e. The summed E-state index contributed by atoms with van der Waals surface area (Å²) < 4.78 is 4.01. The fourth-order valence-corrected chi connectivity index (χ4v) is 0. The molecule has 0 heterocycles. The molecule has 0 N–H and O–H groups in total. The zero-order valence-corrected chi connectivity index (χ0v) is 6.32. The van der Waals surface area contributed by atoms with Crippen molar-refractivity contribution in [3.63, 3.8) is 0 Å². The van der Waals surface area contributed by atoms with Gasteiger partial charge in [-0.05, 0) is 0 Å². The molecule has 0 unspecified atom stereocenters. The predicted molar refractivity (Wildman–Crippen MR) is 12.8 cm³/mol. The van der Waals surface area contributed by atoms with Crippen LogP contribution in [0.3, 0.4) is 0 Å². The Morgan fingerprint density at radius 2 is 2.00 bits per heavy atom. The van der Waals surface area contributed by atoms with Crippen molar-refractivity contribution in [2.24, 2.45) is 0 Å². The summed E-state index contributed by atoms with van der Waals surface area (Å²) in [5.41, 5.74) is 0. The molecule has 0 aromatic heterocycles. The second-order valence-electron chi connectivity index (χ2n) is 0.287. The second-order valence-corrected chi connectivity index (χ2v) is 0.862. The van der Waals surface area contributed by atoms with E-state index in [1.807, 2.05) is 0 Å². The van der Waals surface area contributed by atoms with Crippen molar-refractivity contribution in [3.05, 3.63) is 0 Å². The summed E-state index contributed by atoms with van der Waals surface area (Å²) in [6.45, 7) is 0. The molecule has 2 nitrogen and oxygen atoms in total. The Balaban J connectivity index is 0. The summed E-state index contributed by atoms with van der Waals surface area (Å²) in [7, 11) is 0.771. The van der Waals surface area contributed by atoms with Crippen LogP contribution in [0.15, 0.2) is 0 Å². The van der Waals surface area contributed by atoms with Gasteiger partial charge in [0.15, 0.2) is 0 Å². The molecule has 0 amide bonds. The summed E-state index contributed by atoms with van der Waals surface area (Å²) in [6, 6.07) is 0. The Hall–Kier alpha value is 1.14. The first-order valence-corrected chi connectivity index (χ1v) is 1.63. The molecule has 0 aliphatic carbocycles. The Bertz CT molecular complexity index is 11.6. The fraction of sp³-hybridized carbons (Fsp3) is 1.00. The van der Waals surface area contributed by atoms with Crippen LogP contribution in [0, 0.1) is 0 Å². The van der Waals surface area contributed by atoms with Crippen molar-refractivity contribution in [1.29, 1.82) is 0 Å². The molecular weight excluding hydrogens is 95.1 g/mol. The molecule has 0 rings (SSSR count). The van der Waals surface area contributed by atoms with Crippen molar-refractivity contribution < 1.29 is 38.8 Å². The van der Waals surface area contributed by atoms with Gasteiger partial charge in [-0.15, -0.1) is 0 Å². The normalized spacial score (nSPS) is 6.00. The van der Waals surface area contributed by atoms with E-state index < -0.39 is 10.0 Å². The van der Waals surface area contributed by atoms with Gasteiger partial charge in [0, 0.05) is 7.11 Å². The van der Waals surface area contributed by atoms with Crippen LogP contribution in [-0.2, 0) is 4.43 Å². The molecule has 0 bridgehead atoms. The van der Waals surface area contributed by atoms with E-state index in [9.17, 15) is 0 Å². The number of hydrogen-bond acceptors (Lipinski definition) is 2. The van der Waals surface area contributed by atoms with Crippen molar-refractivity contribution in [1.82, 2.24) is 0 Å². The molecule has 24 valence electrons. The van der Waals surface area contributed by atoms with Crippen molar-refractivity contribution in [3.8, 4) is 0 Å². The predicted octanol–water partition coefficient (Wildman–Crippen LogP) is -4.47. The van der Waals surface area contributed by atoms with Crippen molar-refractivity contribution in [2.75, 3.05) is 7.11 Å². The summed E-state index contributed by atoms with van der Waals surface area (Å²) in [5, 5.41) is 0. The molecule has 0 atom stereocenters. The standard InChI is InChI=1S/CH3O2Si.Na/c1-3-4-2;/h1H3;/q-1;+1. The average Bonchev–Trinajstić information content (AvgIpc) is 1.37. The molecular formula is CH3NaO2Si. The molecule has 2 radical (unpaired) electrons. The van der Waals surface area contributed by atoms with E-state index in [1.165, 1.54) is 7.11 Å². The summed E-state index contributed by atoms with van der Waals surface area (Å²) >= 11 is 0. The van der Waals surface area contributed by atoms with Crippen LogP contribution in [0.2, 0.25) is 0 Å². The van der Waals surface area contributed by atoms with Crippen LogP contribution in [-0.4, -0.2) is 17.1 Å². The third-order valence-corrected chi connectivity index (χ3v) is 0.250. The van der Waals surface area contributed by atoms with E-state index in [4.69, 9.17) is 4.80 Å². The maximum absolute atomic E-state index is 9.10. The van der Waals surface area contributed by atoms with E-state index in [0.29, 0.717) is 0 Å². The van der Waals surface area contributed by atoms with Crippen molar-refractivity contribution >= 4 is 10.0 Å². The fourth-order valence-electron chi connectivity index (χ4n) is 0. The van der Waals surface area contributed by atoms with Gasteiger partial charge in [0.05, 0.1) is 0 Å². The Morgan fingerprint density at radius 3 is 2.00 bits per heavy atom. The second kappa shape index (κ2) is 8.93. The summed E-state index contributed by atoms with van der Waals surface area (Å²) in [6.07, 6.45) is 0. The molecule has 0 aromatic carbocycles. The molecule has 0 spiro atoms. The van der Waals surface area contributed by atoms with Gasteiger partial charge in [-0.25, -0.2) is 0 Å².